The van der Waals surface area contributed by atoms with Crippen LogP contribution in [-0.2, 0) is 11.2 Å². The Kier molecular flexibility index (Phi) is 4.72. The van der Waals surface area contributed by atoms with E-state index >= 15 is 0 Å². The third-order valence-electron chi connectivity index (χ3n) is 3.09. The molecule has 1 N–H and O–H groups in total. The van der Waals surface area contributed by atoms with Gasteiger partial charge in [-0.2, -0.15) is 0 Å². The van der Waals surface area contributed by atoms with E-state index in [0.717, 1.165) is 23.2 Å². The topological polar surface area (TPSA) is 29.1 Å². The van der Waals surface area contributed by atoms with E-state index in [1.54, 1.807) is 0 Å². The molecule has 0 fully saturated rings. The average molecular weight is 265 g/mol. The lowest BCUT2D eigenvalue weighted by Crippen LogP contribution is -2.03. The number of amides is 1. The molecule has 3 rings (SSSR count). The number of carbonyl (C=O) groups excluding carboxylic acids is 1. The van der Waals surface area contributed by atoms with Crippen LogP contribution in [-0.4, -0.2) is 5.91 Å². The van der Waals surface area contributed by atoms with Gasteiger partial charge in [-0.3, -0.25) is 4.79 Å². The predicted octanol–water partition coefficient (Wildman–Crippen LogP) is 4.29. The molecule has 0 spiro atoms. The maximum absolute atomic E-state index is 11.9. The van der Waals surface area contributed by atoms with Gasteiger partial charge < -0.3 is 5.32 Å². The number of para-hydroxylation sites is 1. The first-order chi connectivity index (χ1) is 9.84. The van der Waals surface area contributed by atoms with Crippen molar-refractivity contribution >= 4 is 17.2 Å². The van der Waals surface area contributed by atoms with E-state index < -0.39 is 0 Å². The Hall–Kier alpha value is -2.35. The molecule has 1 aliphatic heterocycles. The second kappa shape index (κ2) is 6.71. The fourth-order valence-corrected chi connectivity index (χ4v) is 2.18. The van der Waals surface area contributed by atoms with Crippen molar-refractivity contribution in [3.8, 4) is 0 Å². The number of hydrogen-bond acceptors (Lipinski definition) is 1. The molecule has 20 heavy (non-hydrogen) atoms. The molecule has 0 saturated heterocycles. The van der Waals surface area contributed by atoms with Gasteiger partial charge in [0.05, 0.1) is 0 Å². The van der Waals surface area contributed by atoms with Gasteiger partial charge in [0.1, 0.15) is 0 Å². The molecule has 0 aliphatic carbocycles. The van der Waals surface area contributed by atoms with Crippen molar-refractivity contribution in [1.82, 2.24) is 0 Å². The third-order valence-corrected chi connectivity index (χ3v) is 3.09. The van der Waals surface area contributed by atoms with Gasteiger partial charge in [0.25, 0.3) is 5.91 Å². The predicted molar refractivity (Wildman–Crippen MR) is 84.5 cm³/mol. The summed E-state index contributed by atoms with van der Waals surface area (Å²) in [6, 6.07) is 17.9. The van der Waals surface area contributed by atoms with Crippen LogP contribution < -0.4 is 5.32 Å². The van der Waals surface area contributed by atoms with Gasteiger partial charge in [-0.15, -0.1) is 0 Å². The van der Waals surface area contributed by atoms with E-state index in [9.17, 15) is 4.79 Å². The maximum atomic E-state index is 11.9. The molecule has 0 aromatic heterocycles. The van der Waals surface area contributed by atoms with Gasteiger partial charge in [0.15, 0.2) is 0 Å². The summed E-state index contributed by atoms with van der Waals surface area (Å²) in [5.41, 5.74) is 3.89. The molecule has 0 atom stereocenters. The van der Waals surface area contributed by atoms with Gasteiger partial charge >= 0.3 is 0 Å². The zero-order valence-electron chi connectivity index (χ0n) is 11.9. The summed E-state index contributed by atoms with van der Waals surface area (Å²) in [6.07, 6.45) is 2.77. The first-order valence-electron chi connectivity index (χ1n) is 6.99. The highest BCUT2D eigenvalue weighted by molar-refractivity contribution is 6.31. The normalized spacial score (nSPS) is 14.3. The van der Waals surface area contributed by atoms with E-state index in [2.05, 4.69) is 17.4 Å². The van der Waals surface area contributed by atoms with Crippen molar-refractivity contribution in [2.75, 3.05) is 5.32 Å². The highest BCUT2D eigenvalue weighted by Gasteiger charge is 2.22. The molecule has 1 amide bonds. The standard InChI is InChI=1S/C16H13NO.C2H6/c18-16-14(11-10-12-6-2-1-3-7-12)13-8-4-5-9-15(13)17-16;1-2/h1-9,11H,10H2,(H,17,18);1-2H3/b14-11+;. The largest absolute Gasteiger partial charge is 0.321 e. The van der Waals surface area contributed by atoms with Crippen molar-refractivity contribution < 1.29 is 4.79 Å². The molecule has 0 bridgehead atoms. The van der Waals surface area contributed by atoms with E-state index in [1.807, 2.05) is 62.4 Å². The molecule has 2 aromatic carbocycles. The lowest BCUT2D eigenvalue weighted by Gasteiger charge is -1.98. The Morgan fingerprint density at radius 3 is 2.35 bits per heavy atom. The first-order valence-corrected chi connectivity index (χ1v) is 6.99. The molecular formula is C18H19NO. The van der Waals surface area contributed by atoms with E-state index in [4.69, 9.17) is 0 Å². The lowest BCUT2D eigenvalue weighted by molar-refractivity contribution is -0.110. The van der Waals surface area contributed by atoms with Gasteiger partial charge in [0.2, 0.25) is 0 Å². The quantitative estimate of drug-likeness (QED) is 0.806. The first kappa shape index (κ1) is 14.1. The monoisotopic (exact) mass is 265 g/mol. The molecule has 2 nitrogen and oxygen atoms in total. The zero-order valence-corrected chi connectivity index (χ0v) is 11.9. The molecule has 2 heteroatoms. The minimum absolute atomic E-state index is 0.00729. The van der Waals surface area contributed by atoms with Gasteiger partial charge in [-0.1, -0.05) is 68.5 Å². The summed E-state index contributed by atoms with van der Waals surface area (Å²) in [7, 11) is 0. The summed E-state index contributed by atoms with van der Waals surface area (Å²) in [4.78, 5) is 11.9. The highest BCUT2D eigenvalue weighted by Crippen LogP contribution is 2.31. The minimum atomic E-state index is -0.00729. The SMILES string of the molecule is CC.O=C1Nc2ccccc2/C1=C\Cc1ccccc1. The Morgan fingerprint density at radius 2 is 1.60 bits per heavy atom. The molecule has 2 aromatic rings. The Bertz CT molecular complexity index is 614. The number of benzene rings is 2. The van der Waals surface area contributed by atoms with Crippen molar-refractivity contribution in [3.63, 3.8) is 0 Å². The number of hydrogen-bond donors (Lipinski definition) is 1. The van der Waals surface area contributed by atoms with Crippen molar-refractivity contribution in [2.45, 2.75) is 20.3 Å². The van der Waals surface area contributed by atoms with E-state index in [-0.39, 0.29) is 5.91 Å². The van der Waals surface area contributed by atoms with Crippen LogP contribution >= 0.6 is 0 Å². The summed E-state index contributed by atoms with van der Waals surface area (Å²) in [5.74, 6) is -0.00729. The van der Waals surface area contributed by atoms with Crippen LogP contribution in [0.25, 0.3) is 5.57 Å². The second-order valence-electron chi connectivity index (χ2n) is 4.31. The van der Waals surface area contributed by atoms with Crippen LogP contribution in [0.5, 0.6) is 0 Å². The number of anilines is 1. The van der Waals surface area contributed by atoms with Crippen LogP contribution in [0.1, 0.15) is 25.0 Å². The Balaban J connectivity index is 0.000000704. The van der Waals surface area contributed by atoms with Crippen LogP contribution in [0.3, 0.4) is 0 Å². The van der Waals surface area contributed by atoms with Crippen molar-refractivity contribution in [2.24, 2.45) is 0 Å². The Morgan fingerprint density at radius 1 is 0.950 bits per heavy atom. The zero-order chi connectivity index (χ0) is 14.4. The molecule has 1 heterocycles. The molecule has 1 aliphatic rings. The molecule has 102 valence electrons. The fourth-order valence-electron chi connectivity index (χ4n) is 2.18. The van der Waals surface area contributed by atoms with Gasteiger partial charge in [-0.25, -0.2) is 0 Å². The number of rotatable bonds is 2. The molecule has 0 saturated carbocycles. The summed E-state index contributed by atoms with van der Waals surface area (Å²) in [5, 5.41) is 2.88. The number of carbonyl (C=O) groups is 1. The van der Waals surface area contributed by atoms with Crippen LogP contribution in [0.15, 0.2) is 60.7 Å². The average Bonchev–Trinajstić information content (AvgIpc) is 2.84. The van der Waals surface area contributed by atoms with Gasteiger partial charge in [-0.05, 0) is 18.1 Å². The fraction of sp³-hybridized carbons (Fsp3) is 0.167. The summed E-state index contributed by atoms with van der Waals surface area (Å²) in [6.45, 7) is 4.00. The smallest absolute Gasteiger partial charge is 0.256 e. The summed E-state index contributed by atoms with van der Waals surface area (Å²) < 4.78 is 0. The number of fused-ring (bicyclic) bond motifs is 1. The van der Waals surface area contributed by atoms with Gasteiger partial charge in [0, 0.05) is 16.8 Å². The second-order valence-corrected chi connectivity index (χ2v) is 4.31. The third kappa shape index (κ3) is 2.97. The van der Waals surface area contributed by atoms with Crippen LogP contribution in [0, 0.1) is 0 Å². The minimum Gasteiger partial charge on any atom is -0.321 e. The van der Waals surface area contributed by atoms with E-state index in [0.29, 0.717) is 0 Å². The lowest BCUT2D eigenvalue weighted by atomic mass is 10.0. The molecular weight excluding hydrogens is 246 g/mol. The maximum Gasteiger partial charge on any atom is 0.256 e. The number of allylic oxidation sites excluding steroid dienone is 1. The summed E-state index contributed by atoms with van der Waals surface area (Å²) >= 11 is 0. The van der Waals surface area contributed by atoms with E-state index in [1.165, 1.54) is 5.56 Å². The highest BCUT2D eigenvalue weighted by atomic mass is 16.1. The number of nitrogens with one attached hydrogen (secondary N) is 1. The van der Waals surface area contributed by atoms with Crippen molar-refractivity contribution in [3.05, 3.63) is 71.8 Å². The molecule has 0 unspecified atom stereocenters. The van der Waals surface area contributed by atoms with Crippen molar-refractivity contribution in [1.29, 1.82) is 0 Å². The van der Waals surface area contributed by atoms with Crippen LogP contribution in [0.4, 0.5) is 5.69 Å². The molecule has 0 radical (unpaired) electrons. The van der Waals surface area contributed by atoms with Crippen LogP contribution in [0.2, 0.25) is 0 Å². The Labute approximate surface area is 120 Å².